The molecule has 1 N–H and O–H groups in total. The Morgan fingerprint density at radius 3 is 2.33 bits per heavy atom. The molecule has 1 unspecified atom stereocenters. The van der Waals surface area contributed by atoms with Gasteiger partial charge in [0.2, 0.25) is 0 Å². The van der Waals surface area contributed by atoms with Crippen LogP contribution in [0.5, 0.6) is 0 Å². The van der Waals surface area contributed by atoms with Gasteiger partial charge in [0, 0.05) is 11.4 Å². The van der Waals surface area contributed by atoms with Gasteiger partial charge >= 0.3 is 5.97 Å². The Hall–Kier alpha value is -1.45. The Kier molecular flexibility index (Phi) is 3.77. The Bertz CT molecular complexity index is 343. The van der Waals surface area contributed by atoms with E-state index in [-0.39, 0.29) is 0 Å². The summed E-state index contributed by atoms with van der Waals surface area (Å²) in [5, 5.41) is 9.06. The zero-order chi connectivity index (χ0) is 11.4. The summed E-state index contributed by atoms with van der Waals surface area (Å²) in [5.41, 5.74) is 1.64. The first-order valence-electron chi connectivity index (χ1n) is 5.09. The summed E-state index contributed by atoms with van der Waals surface area (Å²) >= 11 is 0. The Labute approximate surface area is 89.4 Å². The van der Waals surface area contributed by atoms with E-state index in [4.69, 9.17) is 5.11 Å². The van der Waals surface area contributed by atoms with Gasteiger partial charge in [-0.3, -0.25) is 4.79 Å². The van der Waals surface area contributed by atoms with E-state index in [0.29, 0.717) is 12.2 Å². The number of hydrogen-bond acceptors (Lipinski definition) is 3. The zero-order valence-corrected chi connectivity index (χ0v) is 9.32. The molecular formula is C11H16N2O2. The lowest BCUT2D eigenvalue weighted by Crippen LogP contribution is -2.15. The van der Waals surface area contributed by atoms with E-state index in [2.05, 4.69) is 9.97 Å². The second kappa shape index (κ2) is 4.87. The summed E-state index contributed by atoms with van der Waals surface area (Å²) in [5.74, 6) is -0.989. The topological polar surface area (TPSA) is 63.1 Å². The molecule has 0 fully saturated rings. The van der Waals surface area contributed by atoms with Crippen LogP contribution in [0.4, 0.5) is 0 Å². The van der Waals surface area contributed by atoms with Crippen molar-refractivity contribution in [2.45, 2.75) is 39.5 Å². The highest BCUT2D eigenvalue weighted by atomic mass is 16.4. The molecule has 0 saturated heterocycles. The van der Waals surface area contributed by atoms with Crippen LogP contribution in [-0.4, -0.2) is 21.0 Å². The monoisotopic (exact) mass is 208 g/mol. The fourth-order valence-electron chi connectivity index (χ4n) is 1.56. The summed E-state index contributed by atoms with van der Waals surface area (Å²) in [7, 11) is 0. The van der Waals surface area contributed by atoms with Crippen LogP contribution in [0.1, 0.15) is 42.9 Å². The number of rotatable bonds is 4. The van der Waals surface area contributed by atoms with E-state index in [9.17, 15) is 4.79 Å². The van der Waals surface area contributed by atoms with Crippen LogP contribution in [0.3, 0.4) is 0 Å². The molecule has 0 amide bonds. The number of aryl methyl sites for hydroxylation is 2. The Morgan fingerprint density at radius 1 is 1.40 bits per heavy atom. The summed E-state index contributed by atoms with van der Waals surface area (Å²) in [6.07, 6.45) is 1.39. The first kappa shape index (κ1) is 11.6. The van der Waals surface area contributed by atoms with Crippen molar-refractivity contribution in [1.82, 2.24) is 9.97 Å². The van der Waals surface area contributed by atoms with E-state index in [1.54, 1.807) is 0 Å². The van der Waals surface area contributed by atoms with Crippen molar-refractivity contribution in [1.29, 1.82) is 0 Å². The lowest BCUT2D eigenvalue weighted by atomic mass is 10.0. The molecule has 1 aromatic rings. The van der Waals surface area contributed by atoms with Gasteiger partial charge < -0.3 is 5.11 Å². The van der Waals surface area contributed by atoms with Gasteiger partial charge in [-0.1, -0.05) is 13.3 Å². The van der Waals surface area contributed by atoms with Crippen molar-refractivity contribution in [2.75, 3.05) is 0 Å². The molecule has 4 nitrogen and oxygen atoms in total. The third-order valence-corrected chi connectivity index (χ3v) is 2.19. The number of carbonyl (C=O) groups is 1. The second-order valence-corrected chi connectivity index (χ2v) is 3.69. The molecular weight excluding hydrogens is 192 g/mol. The zero-order valence-electron chi connectivity index (χ0n) is 9.32. The maximum atomic E-state index is 11.0. The highest BCUT2D eigenvalue weighted by Crippen LogP contribution is 2.18. The lowest BCUT2D eigenvalue weighted by molar-refractivity contribution is -0.139. The normalized spacial score (nSPS) is 12.5. The first-order valence-corrected chi connectivity index (χ1v) is 5.09. The molecule has 0 radical (unpaired) electrons. The Balaban J connectivity index is 3.05. The van der Waals surface area contributed by atoms with Crippen LogP contribution in [0.15, 0.2) is 6.07 Å². The van der Waals surface area contributed by atoms with Gasteiger partial charge in [-0.15, -0.1) is 0 Å². The van der Waals surface area contributed by atoms with Crippen molar-refractivity contribution < 1.29 is 9.90 Å². The van der Waals surface area contributed by atoms with E-state index in [0.717, 1.165) is 17.8 Å². The summed E-state index contributed by atoms with van der Waals surface area (Å²) in [6, 6.07) is 1.84. The quantitative estimate of drug-likeness (QED) is 0.822. The second-order valence-electron chi connectivity index (χ2n) is 3.69. The molecule has 1 atom stereocenters. The van der Waals surface area contributed by atoms with Crippen LogP contribution < -0.4 is 0 Å². The van der Waals surface area contributed by atoms with Gasteiger partial charge in [-0.2, -0.15) is 0 Å². The minimum absolute atomic E-state index is 0.432. The van der Waals surface area contributed by atoms with Gasteiger partial charge in [0.25, 0.3) is 0 Å². The van der Waals surface area contributed by atoms with E-state index in [1.165, 1.54) is 0 Å². The highest BCUT2D eigenvalue weighted by Gasteiger charge is 2.22. The number of aromatic nitrogens is 2. The van der Waals surface area contributed by atoms with Crippen LogP contribution in [-0.2, 0) is 4.79 Å². The maximum Gasteiger partial charge on any atom is 0.314 e. The fraction of sp³-hybridized carbons (Fsp3) is 0.545. The molecule has 0 spiro atoms. The highest BCUT2D eigenvalue weighted by molar-refractivity contribution is 5.74. The summed E-state index contributed by atoms with van der Waals surface area (Å²) in [6.45, 7) is 5.66. The van der Waals surface area contributed by atoms with Crippen LogP contribution in [0.25, 0.3) is 0 Å². The van der Waals surface area contributed by atoms with Crippen molar-refractivity contribution in [3.8, 4) is 0 Å². The molecule has 4 heteroatoms. The van der Waals surface area contributed by atoms with Gasteiger partial charge in [0.15, 0.2) is 0 Å². The maximum absolute atomic E-state index is 11.0. The van der Waals surface area contributed by atoms with Crippen LogP contribution >= 0.6 is 0 Å². The SMILES string of the molecule is CCCC(C(=O)O)c1nc(C)cc(C)n1. The van der Waals surface area contributed by atoms with Crippen molar-refractivity contribution in [3.05, 3.63) is 23.3 Å². The molecule has 0 saturated carbocycles. The molecule has 1 aromatic heterocycles. The molecule has 82 valence electrons. The molecule has 15 heavy (non-hydrogen) atoms. The van der Waals surface area contributed by atoms with Crippen molar-refractivity contribution >= 4 is 5.97 Å². The number of carboxylic acid groups (broad SMARTS) is 1. The average molecular weight is 208 g/mol. The molecule has 1 rings (SSSR count). The predicted molar refractivity (Wildman–Crippen MR) is 56.8 cm³/mol. The van der Waals surface area contributed by atoms with Crippen LogP contribution in [0, 0.1) is 13.8 Å². The summed E-state index contributed by atoms with van der Waals surface area (Å²) in [4.78, 5) is 19.4. The average Bonchev–Trinajstić information content (AvgIpc) is 2.11. The lowest BCUT2D eigenvalue weighted by Gasteiger charge is -2.10. The summed E-state index contributed by atoms with van der Waals surface area (Å²) < 4.78 is 0. The van der Waals surface area contributed by atoms with E-state index >= 15 is 0 Å². The number of hydrogen-bond donors (Lipinski definition) is 1. The first-order chi connectivity index (χ1) is 7.04. The third-order valence-electron chi connectivity index (χ3n) is 2.19. The smallest absolute Gasteiger partial charge is 0.314 e. The molecule has 0 aliphatic heterocycles. The minimum atomic E-state index is -0.846. The fourth-order valence-corrected chi connectivity index (χ4v) is 1.56. The van der Waals surface area contributed by atoms with Gasteiger partial charge in [0.05, 0.1) is 0 Å². The molecule has 0 aliphatic rings. The molecule has 0 aromatic carbocycles. The van der Waals surface area contributed by atoms with E-state index < -0.39 is 11.9 Å². The third kappa shape index (κ3) is 3.01. The van der Waals surface area contributed by atoms with Crippen molar-refractivity contribution in [3.63, 3.8) is 0 Å². The number of carboxylic acids is 1. The molecule has 0 aliphatic carbocycles. The standard InChI is InChI=1S/C11H16N2O2/c1-4-5-9(11(14)15)10-12-7(2)6-8(3)13-10/h6,9H,4-5H2,1-3H3,(H,14,15). The largest absolute Gasteiger partial charge is 0.481 e. The molecule has 0 bridgehead atoms. The number of nitrogens with zero attached hydrogens (tertiary/aromatic N) is 2. The minimum Gasteiger partial charge on any atom is -0.481 e. The van der Waals surface area contributed by atoms with Gasteiger partial charge in [-0.25, -0.2) is 9.97 Å². The predicted octanol–water partition coefficient (Wildman–Crippen LogP) is 2.06. The van der Waals surface area contributed by atoms with Gasteiger partial charge in [0.1, 0.15) is 11.7 Å². The van der Waals surface area contributed by atoms with Crippen molar-refractivity contribution in [2.24, 2.45) is 0 Å². The van der Waals surface area contributed by atoms with Gasteiger partial charge in [-0.05, 0) is 26.3 Å². The number of aliphatic carboxylic acids is 1. The Morgan fingerprint density at radius 2 is 1.93 bits per heavy atom. The van der Waals surface area contributed by atoms with Crippen LogP contribution in [0.2, 0.25) is 0 Å². The van der Waals surface area contributed by atoms with E-state index in [1.807, 2.05) is 26.8 Å². The molecule has 1 heterocycles.